The molecule has 0 saturated carbocycles. The number of amides is 3. The highest BCUT2D eigenvalue weighted by Crippen LogP contribution is 2.23. The van der Waals surface area contributed by atoms with Crippen molar-refractivity contribution in [1.29, 1.82) is 0 Å². The SMILES string of the molecule is CC(C)N1C[C@H](C(=O)N2CCN(Cc3ccc(F)cc3)C(=O)C2)CC1=O. The van der Waals surface area contributed by atoms with E-state index in [1.165, 1.54) is 12.1 Å². The lowest BCUT2D eigenvalue weighted by Gasteiger charge is -2.35. The van der Waals surface area contributed by atoms with Gasteiger partial charge in [-0.05, 0) is 31.5 Å². The van der Waals surface area contributed by atoms with Crippen molar-refractivity contribution in [3.63, 3.8) is 0 Å². The lowest BCUT2D eigenvalue weighted by atomic mass is 10.1. The average molecular weight is 361 g/mol. The number of hydrogen-bond donors (Lipinski definition) is 0. The van der Waals surface area contributed by atoms with E-state index in [0.29, 0.717) is 26.2 Å². The Morgan fingerprint density at radius 3 is 2.42 bits per heavy atom. The minimum atomic E-state index is -0.360. The Labute approximate surface area is 152 Å². The third-order valence-electron chi connectivity index (χ3n) is 5.05. The van der Waals surface area contributed by atoms with E-state index in [1.54, 1.807) is 26.8 Å². The standard InChI is InChI=1S/C19H24FN3O3/c1-13(2)23-11-15(9-17(23)24)19(26)22-8-7-21(18(25)12-22)10-14-3-5-16(20)6-4-14/h3-6,13,15H,7-12H2,1-2H3/t15-/m1/s1. The summed E-state index contributed by atoms with van der Waals surface area (Å²) in [6.45, 7) is 5.63. The van der Waals surface area contributed by atoms with Crippen LogP contribution in [0.15, 0.2) is 24.3 Å². The van der Waals surface area contributed by atoms with E-state index in [4.69, 9.17) is 0 Å². The maximum atomic E-state index is 13.0. The molecule has 0 N–H and O–H groups in total. The van der Waals surface area contributed by atoms with Crippen LogP contribution in [0.25, 0.3) is 0 Å². The molecule has 0 bridgehead atoms. The summed E-state index contributed by atoms with van der Waals surface area (Å²) in [5.74, 6) is -0.909. The number of piperazine rings is 1. The van der Waals surface area contributed by atoms with Gasteiger partial charge in [-0.2, -0.15) is 0 Å². The van der Waals surface area contributed by atoms with Gasteiger partial charge < -0.3 is 14.7 Å². The Morgan fingerprint density at radius 1 is 1.15 bits per heavy atom. The van der Waals surface area contributed by atoms with E-state index in [-0.39, 0.29) is 48.5 Å². The van der Waals surface area contributed by atoms with Crippen LogP contribution in [-0.2, 0) is 20.9 Å². The molecule has 0 aromatic heterocycles. The van der Waals surface area contributed by atoms with Gasteiger partial charge >= 0.3 is 0 Å². The molecule has 140 valence electrons. The molecule has 2 heterocycles. The molecule has 0 spiro atoms. The van der Waals surface area contributed by atoms with Crippen LogP contribution in [0.4, 0.5) is 4.39 Å². The Balaban J connectivity index is 1.56. The predicted octanol–water partition coefficient (Wildman–Crippen LogP) is 1.25. The molecule has 3 rings (SSSR count). The second kappa shape index (κ2) is 7.43. The molecule has 1 atom stereocenters. The highest BCUT2D eigenvalue weighted by atomic mass is 19.1. The summed E-state index contributed by atoms with van der Waals surface area (Å²) < 4.78 is 13.0. The highest BCUT2D eigenvalue weighted by Gasteiger charge is 2.39. The first kappa shape index (κ1) is 18.4. The van der Waals surface area contributed by atoms with Crippen molar-refractivity contribution in [1.82, 2.24) is 14.7 Å². The van der Waals surface area contributed by atoms with E-state index in [2.05, 4.69) is 0 Å². The van der Waals surface area contributed by atoms with Gasteiger partial charge in [-0.15, -0.1) is 0 Å². The van der Waals surface area contributed by atoms with Gasteiger partial charge in [0.05, 0.1) is 12.5 Å². The molecule has 2 aliphatic heterocycles. The fraction of sp³-hybridized carbons (Fsp3) is 0.526. The average Bonchev–Trinajstić information content (AvgIpc) is 3.00. The minimum Gasteiger partial charge on any atom is -0.339 e. The smallest absolute Gasteiger partial charge is 0.242 e. The number of likely N-dealkylation sites (tertiary alicyclic amines) is 1. The zero-order chi connectivity index (χ0) is 18.8. The van der Waals surface area contributed by atoms with E-state index in [1.807, 2.05) is 13.8 Å². The normalized spacial score (nSPS) is 21.1. The van der Waals surface area contributed by atoms with Gasteiger partial charge in [0, 0.05) is 38.6 Å². The third kappa shape index (κ3) is 3.86. The van der Waals surface area contributed by atoms with Crippen molar-refractivity contribution in [3.8, 4) is 0 Å². The minimum absolute atomic E-state index is 0.000350. The molecule has 1 aromatic carbocycles. The van der Waals surface area contributed by atoms with Gasteiger partial charge in [0.1, 0.15) is 5.82 Å². The first-order valence-corrected chi connectivity index (χ1v) is 8.95. The molecular formula is C19H24FN3O3. The summed E-state index contributed by atoms with van der Waals surface area (Å²) in [5, 5.41) is 0. The van der Waals surface area contributed by atoms with Gasteiger partial charge in [-0.1, -0.05) is 12.1 Å². The number of carbonyl (C=O) groups excluding carboxylic acids is 3. The molecule has 1 aromatic rings. The molecule has 2 fully saturated rings. The topological polar surface area (TPSA) is 60.9 Å². The Hall–Kier alpha value is -2.44. The van der Waals surface area contributed by atoms with Crippen molar-refractivity contribution < 1.29 is 18.8 Å². The fourth-order valence-corrected chi connectivity index (χ4v) is 3.53. The summed E-state index contributed by atoms with van der Waals surface area (Å²) in [5.41, 5.74) is 0.855. The van der Waals surface area contributed by atoms with Crippen LogP contribution in [0.5, 0.6) is 0 Å². The number of halogens is 1. The van der Waals surface area contributed by atoms with E-state index in [0.717, 1.165) is 5.56 Å². The van der Waals surface area contributed by atoms with E-state index >= 15 is 0 Å². The molecule has 26 heavy (non-hydrogen) atoms. The van der Waals surface area contributed by atoms with Crippen molar-refractivity contribution in [2.75, 3.05) is 26.2 Å². The summed E-state index contributed by atoms with van der Waals surface area (Å²) in [4.78, 5) is 42.1. The lowest BCUT2D eigenvalue weighted by Crippen LogP contribution is -2.53. The van der Waals surface area contributed by atoms with Crippen LogP contribution in [-0.4, -0.2) is 64.6 Å². The zero-order valence-corrected chi connectivity index (χ0v) is 15.2. The predicted molar refractivity (Wildman–Crippen MR) is 93.4 cm³/mol. The Morgan fingerprint density at radius 2 is 1.85 bits per heavy atom. The van der Waals surface area contributed by atoms with Gasteiger partial charge in [0.2, 0.25) is 17.7 Å². The fourth-order valence-electron chi connectivity index (χ4n) is 3.53. The van der Waals surface area contributed by atoms with Crippen LogP contribution in [0, 0.1) is 11.7 Å². The summed E-state index contributed by atoms with van der Waals surface area (Å²) >= 11 is 0. The molecule has 0 unspecified atom stereocenters. The Bertz CT molecular complexity index is 704. The van der Waals surface area contributed by atoms with Crippen molar-refractivity contribution in [3.05, 3.63) is 35.6 Å². The lowest BCUT2D eigenvalue weighted by molar-refractivity contribution is -0.147. The maximum Gasteiger partial charge on any atom is 0.242 e. The van der Waals surface area contributed by atoms with Crippen LogP contribution in [0.1, 0.15) is 25.8 Å². The zero-order valence-electron chi connectivity index (χ0n) is 15.2. The second-order valence-corrected chi connectivity index (χ2v) is 7.24. The van der Waals surface area contributed by atoms with Crippen molar-refractivity contribution in [2.24, 2.45) is 5.92 Å². The van der Waals surface area contributed by atoms with Gasteiger partial charge in [-0.3, -0.25) is 14.4 Å². The van der Waals surface area contributed by atoms with Crippen LogP contribution < -0.4 is 0 Å². The number of carbonyl (C=O) groups is 3. The number of rotatable bonds is 4. The molecular weight excluding hydrogens is 337 g/mol. The van der Waals surface area contributed by atoms with Gasteiger partial charge in [0.25, 0.3) is 0 Å². The number of nitrogens with zero attached hydrogens (tertiary/aromatic N) is 3. The summed E-state index contributed by atoms with van der Waals surface area (Å²) in [6.07, 6.45) is 0.223. The first-order chi connectivity index (χ1) is 12.3. The molecule has 2 saturated heterocycles. The van der Waals surface area contributed by atoms with E-state index in [9.17, 15) is 18.8 Å². The van der Waals surface area contributed by atoms with Crippen molar-refractivity contribution in [2.45, 2.75) is 32.9 Å². The molecule has 3 amide bonds. The molecule has 7 heteroatoms. The number of benzene rings is 1. The molecule has 2 aliphatic rings. The number of hydrogen-bond acceptors (Lipinski definition) is 3. The Kier molecular flexibility index (Phi) is 5.25. The highest BCUT2D eigenvalue weighted by molar-refractivity contribution is 5.92. The largest absolute Gasteiger partial charge is 0.339 e. The molecule has 0 aliphatic carbocycles. The quantitative estimate of drug-likeness (QED) is 0.811. The second-order valence-electron chi connectivity index (χ2n) is 7.24. The van der Waals surface area contributed by atoms with Gasteiger partial charge in [-0.25, -0.2) is 4.39 Å². The third-order valence-corrected chi connectivity index (χ3v) is 5.05. The molecule has 0 radical (unpaired) electrons. The van der Waals surface area contributed by atoms with Crippen LogP contribution in [0.2, 0.25) is 0 Å². The summed E-state index contributed by atoms with van der Waals surface area (Å²) in [7, 11) is 0. The maximum absolute atomic E-state index is 13.0. The van der Waals surface area contributed by atoms with Crippen LogP contribution >= 0.6 is 0 Å². The van der Waals surface area contributed by atoms with E-state index < -0.39 is 0 Å². The van der Waals surface area contributed by atoms with Crippen LogP contribution in [0.3, 0.4) is 0 Å². The molecule has 6 nitrogen and oxygen atoms in total. The summed E-state index contributed by atoms with van der Waals surface area (Å²) in [6, 6.07) is 6.14. The van der Waals surface area contributed by atoms with Gasteiger partial charge in [0.15, 0.2) is 0 Å². The van der Waals surface area contributed by atoms with Crippen molar-refractivity contribution >= 4 is 17.7 Å². The first-order valence-electron chi connectivity index (χ1n) is 8.95. The monoisotopic (exact) mass is 361 g/mol.